The molecule has 0 spiro atoms. The number of piperidine rings is 1. The summed E-state index contributed by atoms with van der Waals surface area (Å²) in [5.74, 6) is 0. The molecule has 0 aromatic carbocycles. The van der Waals surface area contributed by atoms with Crippen LogP contribution in [0.3, 0.4) is 0 Å². The maximum absolute atomic E-state index is 12.2. The normalized spacial score (nSPS) is 25.7. The first-order valence-corrected chi connectivity index (χ1v) is 6.83. The summed E-state index contributed by atoms with van der Waals surface area (Å²) < 4.78 is 36.6. The van der Waals surface area contributed by atoms with Gasteiger partial charge in [-0.3, -0.25) is 0 Å². The highest BCUT2D eigenvalue weighted by molar-refractivity contribution is 4.87. The standard InChI is InChI=1S/C13H25F3N2/c1-3-5-12(6-4-8-17-10-12)11-18(2)9-7-13(14,15)16/h17H,3-11H2,1-2H3. The van der Waals surface area contributed by atoms with Crippen LogP contribution in [0.4, 0.5) is 13.2 Å². The van der Waals surface area contributed by atoms with Gasteiger partial charge in [0, 0.05) is 19.6 Å². The van der Waals surface area contributed by atoms with E-state index < -0.39 is 12.6 Å². The SMILES string of the molecule is CCCC1(CN(C)CCC(F)(F)F)CCCNC1. The summed E-state index contributed by atoms with van der Waals surface area (Å²) in [5.41, 5.74) is 0.174. The highest BCUT2D eigenvalue weighted by atomic mass is 19.4. The minimum atomic E-state index is -4.04. The van der Waals surface area contributed by atoms with Crippen molar-refractivity contribution in [1.29, 1.82) is 0 Å². The van der Waals surface area contributed by atoms with Crippen molar-refractivity contribution in [2.45, 2.75) is 45.2 Å². The Morgan fingerprint density at radius 1 is 1.33 bits per heavy atom. The van der Waals surface area contributed by atoms with Crippen LogP contribution in [0.25, 0.3) is 0 Å². The molecular formula is C13H25F3N2. The van der Waals surface area contributed by atoms with Crippen LogP contribution in [0, 0.1) is 5.41 Å². The molecule has 1 atom stereocenters. The number of hydrogen-bond acceptors (Lipinski definition) is 2. The molecule has 108 valence electrons. The van der Waals surface area contributed by atoms with Crippen LogP contribution in [0.1, 0.15) is 39.0 Å². The number of nitrogens with one attached hydrogen (secondary N) is 1. The van der Waals surface area contributed by atoms with Crippen molar-refractivity contribution in [2.75, 3.05) is 33.2 Å². The van der Waals surface area contributed by atoms with Gasteiger partial charge in [-0.15, -0.1) is 0 Å². The van der Waals surface area contributed by atoms with Gasteiger partial charge in [-0.2, -0.15) is 13.2 Å². The summed E-state index contributed by atoms with van der Waals surface area (Å²) in [6.45, 7) is 5.00. The maximum atomic E-state index is 12.2. The zero-order valence-corrected chi connectivity index (χ0v) is 11.4. The molecule has 1 aliphatic rings. The lowest BCUT2D eigenvalue weighted by molar-refractivity contribution is -0.138. The maximum Gasteiger partial charge on any atom is 0.390 e. The Morgan fingerprint density at radius 3 is 2.56 bits per heavy atom. The molecule has 0 amide bonds. The first kappa shape index (κ1) is 15.8. The van der Waals surface area contributed by atoms with Crippen LogP contribution < -0.4 is 5.32 Å². The lowest BCUT2D eigenvalue weighted by Crippen LogP contribution is -2.47. The van der Waals surface area contributed by atoms with E-state index in [0.29, 0.717) is 0 Å². The average molecular weight is 266 g/mol. The van der Waals surface area contributed by atoms with Gasteiger partial charge in [0.15, 0.2) is 0 Å². The van der Waals surface area contributed by atoms with Crippen molar-refractivity contribution in [3.8, 4) is 0 Å². The summed E-state index contributed by atoms with van der Waals surface area (Å²) in [4.78, 5) is 1.84. The zero-order valence-electron chi connectivity index (χ0n) is 11.4. The molecular weight excluding hydrogens is 241 g/mol. The second-order valence-electron chi connectivity index (χ2n) is 5.63. The van der Waals surface area contributed by atoms with Gasteiger partial charge in [0.2, 0.25) is 0 Å². The molecule has 0 aromatic rings. The number of halogens is 3. The van der Waals surface area contributed by atoms with E-state index in [9.17, 15) is 13.2 Å². The largest absolute Gasteiger partial charge is 0.390 e. The van der Waals surface area contributed by atoms with E-state index in [1.807, 2.05) is 4.90 Å². The summed E-state index contributed by atoms with van der Waals surface area (Å²) >= 11 is 0. The average Bonchev–Trinajstić information content (AvgIpc) is 2.27. The minimum Gasteiger partial charge on any atom is -0.316 e. The van der Waals surface area contributed by atoms with Crippen molar-refractivity contribution in [2.24, 2.45) is 5.41 Å². The summed E-state index contributed by atoms with van der Waals surface area (Å²) in [6.07, 6.45) is -0.307. The summed E-state index contributed by atoms with van der Waals surface area (Å²) in [5, 5.41) is 3.39. The molecule has 0 radical (unpaired) electrons. The van der Waals surface area contributed by atoms with Gasteiger partial charge in [0.25, 0.3) is 0 Å². The van der Waals surface area contributed by atoms with E-state index in [0.717, 1.165) is 45.3 Å². The molecule has 0 saturated carbocycles. The van der Waals surface area contributed by atoms with Gasteiger partial charge < -0.3 is 10.2 Å². The molecule has 1 fully saturated rings. The van der Waals surface area contributed by atoms with E-state index in [4.69, 9.17) is 0 Å². The molecule has 1 unspecified atom stereocenters. The van der Waals surface area contributed by atoms with Crippen LogP contribution in [0.15, 0.2) is 0 Å². The van der Waals surface area contributed by atoms with Crippen molar-refractivity contribution in [1.82, 2.24) is 10.2 Å². The predicted molar refractivity (Wildman–Crippen MR) is 67.6 cm³/mol. The van der Waals surface area contributed by atoms with E-state index in [1.165, 1.54) is 0 Å². The second-order valence-corrected chi connectivity index (χ2v) is 5.63. The molecule has 2 nitrogen and oxygen atoms in total. The van der Waals surface area contributed by atoms with Gasteiger partial charge in [-0.25, -0.2) is 0 Å². The van der Waals surface area contributed by atoms with Crippen LogP contribution in [-0.2, 0) is 0 Å². The molecule has 18 heavy (non-hydrogen) atoms. The highest BCUT2D eigenvalue weighted by Crippen LogP contribution is 2.32. The molecule has 5 heteroatoms. The molecule has 1 saturated heterocycles. The van der Waals surface area contributed by atoms with Crippen molar-refractivity contribution >= 4 is 0 Å². The molecule has 1 rings (SSSR count). The van der Waals surface area contributed by atoms with Crippen LogP contribution in [-0.4, -0.2) is 44.3 Å². The lowest BCUT2D eigenvalue weighted by atomic mass is 9.76. The summed E-state index contributed by atoms with van der Waals surface area (Å²) in [7, 11) is 1.80. The van der Waals surface area contributed by atoms with E-state index >= 15 is 0 Å². The number of alkyl halides is 3. The van der Waals surface area contributed by atoms with E-state index in [1.54, 1.807) is 7.05 Å². The fraction of sp³-hybridized carbons (Fsp3) is 1.00. The molecule has 0 aliphatic carbocycles. The Bertz CT molecular complexity index is 229. The third kappa shape index (κ3) is 5.57. The minimum absolute atomic E-state index is 0.106. The van der Waals surface area contributed by atoms with Gasteiger partial charge in [-0.05, 0) is 38.3 Å². The Kier molecular flexibility index (Phi) is 5.92. The third-order valence-corrected chi connectivity index (χ3v) is 3.72. The van der Waals surface area contributed by atoms with Gasteiger partial charge in [0.05, 0.1) is 6.42 Å². The third-order valence-electron chi connectivity index (χ3n) is 3.72. The Balaban J connectivity index is 2.44. The number of hydrogen-bond donors (Lipinski definition) is 1. The van der Waals surface area contributed by atoms with Crippen LogP contribution in [0.5, 0.6) is 0 Å². The topological polar surface area (TPSA) is 15.3 Å². The number of rotatable bonds is 6. The Morgan fingerprint density at radius 2 is 2.06 bits per heavy atom. The van der Waals surface area contributed by atoms with Crippen molar-refractivity contribution in [3.63, 3.8) is 0 Å². The fourth-order valence-corrected chi connectivity index (χ4v) is 2.96. The zero-order chi connectivity index (χ0) is 13.6. The first-order chi connectivity index (χ1) is 8.37. The molecule has 1 aliphatic heterocycles. The predicted octanol–water partition coefficient (Wildman–Crippen LogP) is 3.04. The van der Waals surface area contributed by atoms with Crippen molar-refractivity contribution < 1.29 is 13.2 Å². The Hall–Kier alpha value is -0.290. The van der Waals surface area contributed by atoms with Gasteiger partial charge in [-0.1, -0.05) is 13.3 Å². The quantitative estimate of drug-likeness (QED) is 0.795. The molecule has 1 N–H and O–H groups in total. The van der Waals surface area contributed by atoms with Crippen LogP contribution in [0.2, 0.25) is 0 Å². The summed E-state index contributed by atoms with van der Waals surface area (Å²) in [6, 6.07) is 0. The molecule has 1 heterocycles. The van der Waals surface area contributed by atoms with Gasteiger partial charge >= 0.3 is 6.18 Å². The first-order valence-electron chi connectivity index (χ1n) is 6.83. The van der Waals surface area contributed by atoms with Gasteiger partial charge in [0.1, 0.15) is 0 Å². The smallest absolute Gasteiger partial charge is 0.316 e. The van der Waals surface area contributed by atoms with E-state index in [2.05, 4.69) is 12.2 Å². The van der Waals surface area contributed by atoms with Crippen LogP contribution >= 0.6 is 0 Å². The lowest BCUT2D eigenvalue weighted by Gasteiger charge is -2.40. The van der Waals surface area contributed by atoms with Crippen molar-refractivity contribution in [3.05, 3.63) is 0 Å². The molecule has 0 bridgehead atoms. The number of nitrogens with zero attached hydrogens (tertiary/aromatic N) is 1. The Labute approximate surface area is 108 Å². The monoisotopic (exact) mass is 266 g/mol. The molecule has 0 aromatic heterocycles. The second kappa shape index (κ2) is 6.75. The van der Waals surface area contributed by atoms with E-state index in [-0.39, 0.29) is 12.0 Å². The fourth-order valence-electron chi connectivity index (χ4n) is 2.96. The highest BCUT2D eigenvalue weighted by Gasteiger charge is 2.33.